The Hall–Kier alpha value is -0.930. The Bertz CT molecular complexity index is 416. The van der Waals surface area contributed by atoms with E-state index in [2.05, 4.69) is 6.92 Å². The van der Waals surface area contributed by atoms with Crippen LogP contribution in [0.2, 0.25) is 0 Å². The molecule has 3 nitrogen and oxygen atoms in total. The Morgan fingerprint density at radius 2 is 2.19 bits per heavy atom. The molecule has 1 aliphatic heterocycles. The second-order valence-corrected chi connectivity index (χ2v) is 5.64. The van der Waals surface area contributed by atoms with Crippen molar-refractivity contribution in [2.24, 2.45) is 0 Å². The van der Waals surface area contributed by atoms with Crippen molar-refractivity contribution in [3.8, 4) is 11.5 Å². The molecule has 0 bridgehead atoms. The Kier molecular flexibility index (Phi) is 7.17. The average Bonchev–Trinajstić information content (AvgIpc) is 3.03. The number of hydrogen-bond donors (Lipinski definition) is 0. The van der Waals surface area contributed by atoms with Crippen molar-refractivity contribution in [1.82, 2.24) is 0 Å². The van der Waals surface area contributed by atoms with Gasteiger partial charge in [-0.1, -0.05) is 13.0 Å². The van der Waals surface area contributed by atoms with E-state index in [1.54, 1.807) is 0 Å². The molecule has 1 aromatic rings. The summed E-state index contributed by atoms with van der Waals surface area (Å²) in [5.41, 5.74) is 1.01. The highest BCUT2D eigenvalue weighted by Crippen LogP contribution is 2.27. The van der Waals surface area contributed by atoms with Crippen LogP contribution in [0.3, 0.4) is 0 Å². The molecule has 0 N–H and O–H groups in total. The molecule has 0 radical (unpaired) electrons. The van der Waals surface area contributed by atoms with Gasteiger partial charge in [0.25, 0.3) is 0 Å². The van der Waals surface area contributed by atoms with Gasteiger partial charge < -0.3 is 14.2 Å². The summed E-state index contributed by atoms with van der Waals surface area (Å²) in [5.74, 6) is 2.14. The van der Waals surface area contributed by atoms with Crippen molar-refractivity contribution in [3.63, 3.8) is 0 Å². The molecule has 2 rings (SSSR count). The van der Waals surface area contributed by atoms with E-state index in [1.807, 2.05) is 18.2 Å². The number of alkyl halides is 1. The molecule has 0 aliphatic carbocycles. The fraction of sp³-hybridized carbons (Fsp3) is 0.647. The minimum absolute atomic E-state index is 0.431. The van der Waals surface area contributed by atoms with Crippen LogP contribution in [0.15, 0.2) is 18.2 Å². The van der Waals surface area contributed by atoms with Crippen molar-refractivity contribution in [3.05, 3.63) is 23.8 Å². The minimum atomic E-state index is 0.431. The number of rotatable bonds is 9. The van der Waals surface area contributed by atoms with Crippen LogP contribution in [-0.4, -0.2) is 25.9 Å². The van der Waals surface area contributed by atoms with Crippen LogP contribution >= 0.6 is 11.6 Å². The summed E-state index contributed by atoms with van der Waals surface area (Å²) in [6.45, 7) is 4.42. The normalized spacial score (nSPS) is 17.9. The zero-order valence-corrected chi connectivity index (χ0v) is 13.5. The molecule has 118 valence electrons. The molecule has 1 saturated heterocycles. The first-order valence-corrected chi connectivity index (χ1v) is 8.43. The summed E-state index contributed by atoms with van der Waals surface area (Å²) in [7, 11) is 0. The predicted octanol–water partition coefficient (Wildman–Crippen LogP) is 4.55. The van der Waals surface area contributed by atoms with E-state index in [9.17, 15) is 0 Å². The molecular formula is C17H25ClO3. The van der Waals surface area contributed by atoms with Crippen molar-refractivity contribution in [2.75, 3.05) is 19.8 Å². The zero-order valence-electron chi connectivity index (χ0n) is 12.8. The molecule has 1 aliphatic rings. The van der Waals surface area contributed by atoms with Crippen LogP contribution in [0.4, 0.5) is 0 Å². The zero-order chi connectivity index (χ0) is 14.9. The van der Waals surface area contributed by atoms with Gasteiger partial charge in [-0.2, -0.15) is 0 Å². The first-order valence-electron chi connectivity index (χ1n) is 7.89. The standard InChI is InChI=1S/C17H25ClO3/c1-2-9-19-16-8-7-14(13-18)17(12-16)21-11-4-6-15-5-3-10-20-15/h7-8,12,15H,2-6,9-11,13H2,1H3. The number of hydrogen-bond acceptors (Lipinski definition) is 3. The van der Waals surface area contributed by atoms with E-state index in [1.165, 1.54) is 12.8 Å². The lowest BCUT2D eigenvalue weighted by Crippen LogP contribution is -2.08. The largest absolute Gasteiger partial charge is 0.493 e. The summed E-state index contributed by atoms with van der Waals surface area (Å²) in [5, 5.41) is 0. The highest BCUT2D eigenvalue weighted by Gasteiger charge is 2.14. The van der Waals surface area contributed by atoms with Gasteiger partial charge in [-0.15, -0.1) is 11.6 Å². The summed E-state index contributed by atoms with van der Waals surface area (Å²) < 4.78 is 17.1. The van der Waals surface area contributed by atoms with Crippen LogP contribution in [0, 0.1) is 0 Å². The van der Waals surface area contributed by atoms with Gasteiger partial charge in [0.1, 0.15) is 11.5 Å². The molecule has 1 atom stereocenters. The molecule has 4 heteroatoms. The molecule has 21 heavy (non-hydrogen) atoms. The Morgan fingerprint density at radius 3 is 2.90 bits per heavy atom. The maximum atomic E-state index is 5.96. The molecule has 1 heterocycles. The topological polar surface area (TPSA) is 27.7 Å². The quantitative estimate of drug-likeness (QED) is 0.494. The second kappa shape index (κ2) is 9.16. The van der Waals surface area contributed by atoms with E-state index in [0.717, 1.165) is 49.5 Å². The molecule has 0 amide bonds. The monoisotopic (exact) mass is 312 g/mol. The lowest BCUT2D eigenvalue weighted by atomic mass is 10.1. The number of ether oxygens (including phenoxy) is 3. The van der Waals surface area contributed by atoms with Crippen molar-refractivity contribution < 1.29 is 14.2 Å². The van der Waals surface area contributed by atoms with E-state index in [-0.39, 0.29) is 0 Å². The lowest BCUT2D eigenvalue weighted by Gasteiger charge is -2.13. The SMILES string of the molecule is CCCOc1ccc(CCl)c(OCCCC2CCCO2)c1. The summed E-state index contributed by atoms with van der Waals surface area (Å²) in [6, 6.07) is 5.87. The summed E-state index contributed by atoms with van der Waals surface area (Å²) in [4.78, 5) is 0. The van der Waals surface area contributed by atoms with Gasteiger partial charge in [0.15, 0.2) is 0 Å². The molecule has 0 spiro atoms. The third kappa shape index (κ3) is 5.40. The highest BCUT2D eigenvalue weighted by molar-refractivity contribution is 6.17. The smallest absolute Gasteiger partial charge is 0.127 e. The molecule has 1 aromatic carbocycles. The Labute approximate surface area is 132 Å². The summed E-state index contributed by atoms with van der Waals surface area (Å²) >= 11 is 5.96. The van der Waals surface area contributed by atoms with E-state index >= 15 is 0 Å². The molecule has 1 fully saturated rings. The van der Waals surface area contributed by atoms with Gasteiger partial charge in [0.05, 0.1) is 25.2 Å². The van der Waals surface area contributed by atoms with Gasteiger partial charge in [0.2, 0.25) is 0 Å². The van der Waals surface area contributed by atoms with Crippen LogP contribution in [0.1, 0.15) is 44.6 Å². The van der Waals surface area contributed by atoms with Crippen molar-refractivity contribution in [1.29, 1.82) is 0 Å². The highest BCUT2D eigenvalue weighted by atomic mass is 35.5. The fourth-order valence-corrected chi connectivity index (χ4v) is 2.68. The van der Waals surface area contributed by atoms with Gasteiger partial charge in [-0.25, -0.2) is 0 Å². The van der Waals surface area contributed by atoms with Gasteiger partial charge in [-0.3, -0.25) is 0 Å². The van der Waals surface area contributed by atoms with Gasteiger partial charge in [0, 0.05) is 18.2 Å². The Balaban J connectivity index is 1.81. The maximum absolute atomic E-state index is 5.96. The van der Waals surface area contributed by atoms with Crippen LogP contribution in [-0.2, 0) is 10.6 Å². The molecular weight excluding hydrogens is 288 g/mol. The van der Waals surface area contributed by atoms with Crippen LogP contribution in [0.25, 0.3) is 0 Å². The van der Waals surface area contributed by atoms with E-state index < -0.39 is 0 Å². The Morgan fingerprint density at radius 1 is 1.29 bits per heavy atom. The molecule has 1 unspecified atom stereocenters. The third-order valence-electron chi connectivity index (χ3n) is 3.61. The van der Waals surface area contributed by atoms with Crippen molar-refractivity contribution >= 4 is 11.6 Å². The van der Waals surface area contributed by atoms with Gasteiger partial charge >= 0.3 is 0 Å². The van der Waals surface area contributed by atoms with Gasteiger partial charge in [-0.05, 0) is 38.2 Å². The second-order valence-electron chi connectivity index (χ2n) is 5.38. The molecule has 0 saturated carbocycles. The first kappa shape index (κ1) is 16.4. The lowest BCUT2D eigenvalue weighted by molar-refractivity contribution is 0.0981. The predicted molar refractivity (Wildman–Crippen MR) is 85.5 cm³/mol. The minimum Gasteiger partial charge on any atom is -0.493 e. The first-order chi connectivity index (χ1) is 10.3. The van der Waals surface area contributed by atoms with Crippen LogP contribution < -0.4 is 9.47 Å². The van der Waals surface area contributed by atoms with E-state index in [0.29, 0.717) is 18.6 Å². The molecule has 0 aromatic heterocycles. The maximum Gasteiger partial charge on any atom is 0.127 e. The summed E-state index contributed by atoms with van der Waals surface area (Å²) in [6.07, 6.45) is 5.88. The van der Waals surface area contributed by atoms with Crippen molar-refractivity contribution in [2.45, 2.75) is 51.0 Å². The van der Waals surface area contributed by atoms with Crippen LogP contribution in [0.5, 0.6) is 11.5 Å². The average molecular weight is 313 g/mol. The number of benzene rings is 1. The van der Waals surface area contributed by atoms with E-state index in [4.69, 9.17) is 25.8 Å². The third-order valence-corrected chi connectivity index (χ3v) is 3.90. The fourth-order valence-electron chi connectivity index (χ4n) is 2.45. The number of halogens is 1.